The van der Waals surface area contributed by atoms with Gasteiger partial charge in [-0.15, -0.1) is 17.8 Å². The summed E-state index contributed by atoms with van der Waals surface area (Å²) in [4.78, 5) is 18.1. The third-order valence-electron chi connectivity index (χ3n) is 4.33. The maximum Gasteiger partial charge on any atom is 0.272 e. The average Bonchev–Trinajstić information content (AvgIpc) is 3.22. The van der Waals surface area contributed by atoms with Crippen molar-refractivity contribution < 1.29 is 17.7 Å². The molecule has 7 nitrogen and oxygen atoms in total. The first-order valence-corrected chi connectivity index (χ1v) is 11.4. The van der Waals surface area contributed by atoms with E-state index in [1.165, 1.54) is 25.2 Å². The van der Waals surface area contributed by atoms with Crippen LogP contribution in [0, 0.1) is 33.1 Å². The van der Waals surface area contributed by atoms with Gasteiger partial charge in [-0.25, -0.2) is 17.7 Å². The van der Waals surface area contributed by atoms with Gasteiger partial charge in [0.15, 0.2) is 10.7 Å². The Hall–Kier alpha value is -2.67. The summed E-state index contributed by atoms with van der Waals surface area (Å²) in [5.41, 5.74) is 1.51. The van der Waals surface area contributed by atoms with Crippen molar-refractivity contribution in [2.75, 3.05) is 6.54 Å². The number of halogens is 1. The molecule has 3 aromatic rings. The molecule has 0 aliphatic rings. The van der Waals surface area contributed by atoms with Crippen LogP contribution < -0.4 is 0 Å². The maximum atomic E-state index is 13.1. The summed E-state index contributed by atoms with van der Waals surface area (Å²) in [7, 11) is -4.22. The van der Waals surface area contributed by atoms with Gasteiger partial charge in [-0.3, -0.25) is 4.79 Å². The second kappa shape index (κ2) is 8.60. The van der Waals surface area contributed by atoms with Gasteiger partial charge in [-0.2, -0.15) is 0 Å². The lowest BCUT2D eigenvalue weighted by Gasteiger charge is -2.19. The lowest BCUT2D eigenvalue weighted by Crippen LogP contribution is -2.38. The lowest BCUT2D eigenvalue weighted by molar-refractivity contribution is -0.125. The van der Waals surface area contributed by atoms with Crippen LogP contribution in [0.4, 0.5) is 0 Å². The second-order valence-corrected chi connectivity index (χ2v) is 9.91. The molecule has 0 aliphatic heterocycles. The van der Waals surface area contributed by atoms with Crippen molar-refractivity contribution in [3.8, 4) is 22.9 Å². The second-order valence-electron chi connectivity index (χ2n) is 6.47. The van der Waals surface area contributed by atoms with E-state index in [1.54, 1.807) is 12.1 Å². The van der Waals surface area contributed by atoms with Crippen molar-refractivity contribution >= 4 is 38.9 Å². The number of hydrogen-bond donors (Lipinski definition) is 0. The zero-order chi connectivity index (χ0) is 22.1. The van der Waals surface area contributed by atoms with Crippen LogP contribution in [0.25, 0.3) is 10.6 Å². The first-order chi connectivity index (χ1) is 14.1. The molecule has 0 bridgehead atoms. The zero-order valence-electron chi connectivity index (χ0n) is 16.5. The summed E-state index contributed by atoms with van der Waals surface area (Å²) in [6.45, 7) is 4.38. The average molecular weight is 464 g/mol. The van der Waals surface area contributed by atoms with Gasteiger partial charge in [0.1, 0.15) is 10.7 Å². The molecule has 0 N–H and O–H groups in total. The number of carbonyl (C=O) groups excluding carboxylic acids is 1. The molecular weight excluding hydrogens is 446 g/mol. The van der Waals surface area contributed by atoms with Crippen molar-refractivity contribution in [2.45, 2.75) is 32.1 Å². The summed E-state index contributed by atoms with van der Waals surface area (Å²) < 4.78 is 31.8. The van der Waals surface area contributed by atoms with Crippen molar-refractivity contribution in [3.05, 3.63) is 51.3 Å². The molecular formula is C20H18ClN3O4S2. The molecule has 10 heteroatoms. The number of amides is 1. The van der Waals surface area contributed by atoms with Crippen LogP contribution in [0.1, 0.15) is 22.0 Å². The SMILES string of the molecule is C#CCN(C(=O)Cc1nc(-c2ccc(Cl)cc2)sc1C)S(=O)(=O)c1c(C)noc1C. The molecule has 1 amide bonds. The molecule has 2 heterocycles. The highest BCUT2D eigenvalue weighted by atomic mass is 35.5. The lowest BCUT2D eigenvalue weighted by atomic mass is 10.2. The van der Waals surface area contributed by atoms with Crippen molar-refractivity contribution in [1.29, 1.82) is 0 Å². The first-order valence-electron chi connectivity index (χ1n) is 8.79. The number of hydrogen-bond acceptors (Lipinski definition) is 7. The number of terminal acetylenes is 1. The Morgan fingerprint density at radius 1 is 1.27 bits per heavy atom. The van der Waals surface area contributed by atoms with E-state index in [0.717, 1.165) is 10.4 Å². The fourth-order valence-corrected chi connectivity index (χ4v) is 5.55. The van der Waals surface area contributed by atoms with Gasteiger partial charge < -0.3 is 4.52 Å². The van der Waals surface area contributed by atoms with Crippen molar-refractivity contribution in [1.82, 2.24) is 14.4 Å². The molecule has 0 atom stereocenters. The molecule has 30 heavy (non-hydrogen) atoms. The normalized spacial score (nSPS) is 11.3. The van der Waals surface area contributed by atoms with Crippen LogP contribution >= 0.6 is 22.9 Å². The minimum absolute atomic E-state index is 0.0946. The van der Waals surface area contributed by atoms with Crippen LogP contribution in [-0.4, -0.2) is 35.3 Å². The Kier molecular flexibility index (Phi) is 6.31. The monoisotopic (exact) mass is 463 g/mol. The number of nitrogens with zero attached hydrogens (tertiary/aromatic N) is 3. The number of rotatable bonds is 6. The third kappa shape index (κ3) is 4.26. The fraction of sp³-hybridized carbons (Fsp3) is 0.250. The first kappa shape index (κ1) is 22.0. The van der Waals surface area contributed by atoms with E-state index in [2.05, 4.69) is 16.1 Å². The Morgan fingerprint density at radius 2 is 1.93 bits per heavy atom. The molecule has 0 radical (unpaired) electrons. The van der Waals surface area contributed by atoms with E-state index in [0.29, 0.717) is 20.0 Å². The number of thiazole rings is 1. The quantitative estimate of drug-likeness (QED) is 0.516. The molecule has 2 aromatic heterocycles. The van der Waals surface area contributed by atoms with Crippen LogP contribution in [-0.2, 0) is 21.2 Å². The smallest absolute Gasteiger partial charge is 0.272 e. The zero-order valence-corrected chi connectivity index (χ0v) is 18.9. The molecule has 0 aliphatic carbocycles. The highest BCUT2D eigenvalue weighted by Crippen LogP contribution is 2.30. The topological polar surface area (TPSA) is 93.4 Å². The number of carbonyl (C=O) groups is 1. The summed E-state index contributed by atoms with van der Waals surface area (Å²) in [5, 5.41) is 4.98. The van der Waals surface area contributed by atoms with Crippen molar-refractivity contribution in [2.24, 2.45) is 0 Å². The summed E-state index contributed by atoms with van der Waals surface area (Å²) in [6.07, 6.45) is 5.13. The molecule has 0 unspecified atom stereocenters. The highest BCUT2D eigenvalue weighted by molar-refractivity contribution is 7.89. The van der Waals surface area contributed by atoms with Gasteiger partial charge in [0.25, 0.3) is 10.0 Å². The minimum atomic E-state index is -4.22. The van der Waals surface area contributed by atoms with E-state index < -0.39 is 22.5 Å². The molecule has 3 rings (SSSR count). The molecule has 0 spiro atoms. The van der Waals surface area contributed by atoms with Gasteiger partial charge in [0.05, 0.1) is 18.7 Å². The molecule has 0 saturated heterocycles. The van der Waals surface area contributed by atoms with Crippen LogP contribution in [0.5, 0.6) is 0 Å². The Bertz CT molecular complexity index is 1220. The Morgan fingerprint density at radius 3 is 2.50 bits per heavy atom. The number of aromatic nitrogens is 2. The van der Waals surface area contributed by atoms with Gasteiger partial charge in [-0.05, 0) is 32.9 Å². The predicted molar refractivity (Wildman–Crippen MR) is 115 cm³/mol. The predicted octanol–water partition coefficient (Wildman–Crippen LogP) is 3.77. The minimum Gasteiger partial charge on any atom is -0.360 e. The van der Waals surface area contributed by atoms with Gasteiger partial charge in [-0.1, -0.05) is 34.8 Å². The molecule has 156 valence electrons. The van der Waals surface area contributed by atoms with E-state index in [4.69, 9.17) is 22.5 Å². The van der Waals surface area contributed by atoms with Crippen LogP contribution in [0.2, 0.25) is 5.02 Å². The third-order valence-corrected chi connectivity index (χ3v) is 7.66. The van der Waals surface area contributed by atoms with Gasteiger partial charge >= 0.3 is 0 Å². The summed E-state index contributed by atoms with van der Waals surface area (Å²) in [6, 6.07) is 7.17. The van der Waals surface area contributed by atoms with E-state index in [9.17, 15) is 13.2 Å². The fourth-order valence-electron chi connectivity index (χ4n) is 2.88. The van der Waals surface area contributed by atoms with Crippen LogP contribution in [0.3, 0.4) is 0 Å². The van der Waals surface area contributed by atoms with Crippen molar-refractivity contribution in [3.63, 3.8) is 0 Å². The van der Waals surface area contributed by atoms with Gasteiger partial charge in [0, 0.05) is 15.5 Å². The van der Waals surface area contributed by atoms with Gasteiger partial charge in [0.2, 0.25) is 5.91 Å². The highest BCUT2D eigenvalue weighted by Gasteiger charge is 2.34. The standard InChI is InChI=1S/C20H18ClN3O4S2/c1-5-10-24(30(26,27)19-12(2)23-28-13(19)3)18(25)11-17-14(4)29-20(22-17)15-6-8-16(21)9-7-15/h1,6-9H,10-11H2,2-4H3. The molecule has 0 saturated carbocycles. The summed E-state index contributed by atoms with van der Waals surface area (Å²) >= 11 is 7.34. The van der Waals surface area contributed by atoms with E-state index in [-0.39, 0.29) is 22.8 Å². The van der Waals surface area contributed by atoms with E-state index >= 15 is 0 Å². The van der Waals surface area contributed by atoms with E-state index in [1.807, 2.05) is 19.1 Å². The molecule has 1 aromatic carbocycles. The number of benzene rings is 1. The summed E-state index contributed by atoms with van der Waals surface area (Å²) in [5.74, 6) is 1.65. The van der Waals surface area contributed by atoms with Crippen LogP contribution in [0.15, 0.2) is 33.7 Å². The largest absolute Gasteiger partial charge is 0.360 e. The Balaban J connectivity index is 1.91. The maximum absolute atomic E-state index is 13.1. The Labute approximate surface area is 183 Å². The molecule has 0 fully saturated rings. The number of aryl methyl sites for hydroxylation is 3. The number of sulfonamides is 1.